The van der Waals surface area contributed by atoms with E-state index in [9.17, 15) is 14.4 Å². The van der Waals surface area contributed by atoms with Gasteiger partial charge < -0.3 is 19.5 Å². The summed E-state index contributed by atoms with van der Waals surface area (Å²) < 4.78 is 30.4. The number of hydrogen-bond donors (Lipinski definition) is 1. The van der Waals surface area contributed by atoms with Gasteiger partial charge in [0.2, 0.25) is 0 Å². The van der Waals surface area contributed by atoms with Gasteiger partial charge in [0.25, 0.3) is 5.91 Å². The second-order valence-corrected chi connectivity index (χ2v) is 6.87. The van der Waals surface area contributed by atoms with Gasteiger partial charge in [-0.05, 0) is 55.5 Å². The molecule has 0 aromatic heterocycles. The summed E-state index contributed by atoms with van der Waals surface area (Å²) in [6.45, 7) is 2.39. The van der Waals surface area contributed by atoms with Crippen LogP contribution in [0, 0.1) is 17.1 Å². The third kappa shape index (κ3) is 6.34. The Morgan fingerprint density at radius 2 is 1.79 bits per heavy atom. The third-order valence-electron chi connectivity index (χ3n) is 4.65. The van der Waals surface area contributed by atoms with Gasteiger partial charge in [0.1, 0.15) is 41.3 Å². The lowest BCUT2D eigenvalue weighted by molar-refractivity contribution is -0.112. The second-order valence-electron chi connectivity index (χ2n) is 6.87. The Morgan fingerprint density at radius 3 is 2.45 bits per heavy atom. The predicted octanol–water partition coefficient (Wildman–Crippen LogP) is 5.36. The van der Waals surface area contributed by atoms with Crippen LogP contribution >= 0.6 is 0 Å². The standard InChI is InChI=1S/C26H23FN2O4/c1-3-32-22-12-9-21(10-13-22)29-26(30)20(16-28)14-18-8-11-23(31-2)15-25(18)33-17-19-6-4-5-7-24(19)27/h4-15H,3,17H2,1-2H3,(H,29,30)/b20-14+. The smallest absolute Gasteiger partial charge is 0.266 e. The molecule has 0 radical (unpaired) electrons. The highest BCUT2D eigenvalue weighted by atomic mass is 19.1. The molecule has 6 nitrogen and oxygen atoms in total. The Morgan fingerprint density at radius 1 is 1.06 bits per heavy atom. The van der Waals surface area contributed by atoms with E-state index in [1.165, 1.54) is 19.3 Å². The number of rotatable bonds is 9. The normalized spacial score (nSPS) is 10.8. The first-order valence-electron chi connectivity index (χ1n) is 10.2. The van der Waals surface area contributed by atoms with E-state index < -0.39 is 5.91 Å². The van der Waals surface area contributed by atoms with Crippen LogP contribution in [0.3, 0.4) is 0 Å². The van der Waals surface area contributed by atoms with E-state index in [4.69, 9.17) is 14.2 Å². The molecule has 0 saturated carbocycles. The Labute approximate surface area is 191 Å². The van der Waals surface area contributed by atoms with Crippen molar-refractivity contribution in [3.8, 4) is 23.3 Å². The van der Waals surface area contributed by atoms with Crippen LogP contribution in [0.15, 0.2) is 72.3 Å². The van der Waals surface area contributed by atoms with Crippen molar-refractivity contribution in [2.24, 2.45) is 0 Å². The number of ether oxygens (including phenoxy) is 3. The van der Waals surface area contributed by atoms with Crippen LogP contribution in [0.2, 0.25) is 0 Å². The minimum Gasteiger partial charge on any atom is -0.497 e. The molecule has 1 N–H and O–H groups in total. The van der Waals surface area contributed by atoms with Crippen LogP contribution in [-0.4, -0.2) is 19.6 Å². The molecule has 7 heteroatoms. The molecule has 0 atom stereocenters. The molecule has 0 aliphatic rings. The summed E-state index contributed by atoms with van der Waals surface area (Å²) in [5.41, 5.74) is 1.26. The fourth-order valence-electron chi connectivity index (χ4n) is 2.96. The highest BCUT2D eigenvalue weighted by molar-refractivity contribution is 6.09. The Kier molecular flexibility index (Phi) is 8.03. The molecule has 0 saturated heterocycles. The topological polar surface area (TPSA) is 80.6 Å². The molecule has 3 aromatic rings. The van der Waals surface area contributed by atoms with Gasteiger partial charge >= 0.3 is 0 Å². The van der Waals surface area contributed by atoms with Crippen molar-refractivity contribution in [1.29, 1.82) is 5.26 Å². The number of carbonyl (C=O) groups is 1. The van der Waals surface area contributed by atoms with Crippen molar-refractivity contribution < 1.29 is 23.4 Å². The molecule has 33 heavy (non-hydrogen) atoms. The minimum atomic E-state index is -0.572. The van der Waals surface area contributed by atoms with Crippen molar-refractivity contribution in [3.63, 3.8) is 0 Å². The number of anilines is 1. The summed E-state index contributed by atoms with van der Waals surface area (Å²) in [5.74, 6) is 0.594. The van der Waals surface area contributed by atoms with Gasteiger partial charge in [-0.3, -0.25) is 4.79 Å². The van der Waals surface area contributed by atoms with E-state index in [1.807, 2.05) is 13.0 Å². The fraction of sp³-hybridized carbons (Fsp3) is 0.154. The number of hydrogen-bond acceptors (Lipinski definition) is 5. The highest BCUT2D eigenvalue weighted by Crippen LogP contribution is 2.28. The van der Waals surface area contributed by atoms with Gasteiger partial charge in [-0.1, -0.05) is 18.2 Å². The van der Waals surface area contributed by atoms with Crippen LogP contribution in [0.1, 0.15) is 18.1 Å². The van der Waals surface area contributed by atoms with Gasteiger partial charge in [0.05, 0.1) is 13.7 Å². The molecule has 1 amide bonds. The molecule has 0 aliphatic heterocycles. The van der Waals surface area contributed by atoms with Crippen molar-refractivity contribution in [3.05, 3.63) is 89.2 Å². The van der Waals surface area contributed by atoms with Crippen molar-refractivity contribution in [1.82, 2.24) is 0 Å². The molecule has 168 valence electrons. The molecular weight excluding hydrogens is 423 g/mol. The van der Waals surface area contributed by atoms with E-state index in [2.05, 4.69) is 5.32 Å². The summed E-state index contributed by atoms with van der Waals surface area (Å²) >= 11 is 0. The van der Waals surface area contributed by atoms with E-state index in [-0.39, 0.29) is 18.0 Å². The molecule has 0 heterocycles. The lowest BCUT2D eigenvalue weighted by Crippen LogP contribution is -2.13. The number of halogens is 1. The van der Waals surface area contributed by atoms with Crippen molar-refractivity contribution in [2.45, 2.75) is 13.5 Å². The van der Waals surface area contributed by atoms with Crippen molar-refractivity contribution in [2.75, 3.05) is 19.0 Å². The molecule has 0 unspecified atom stereocenters. The summed E-state index contributed by atoms with van der Waals surface area (Å²) in [4.78, 5) is 12.7. The lowest BCUT2D eigenvalue weighted by atomic mass is 10.1. The fourth-order valence-corrected chi connectivity index (χ4v) is 2.96. The third-order valence-corrected chi connectivity index (χ3v) is 4.65. The summed E-state index contributed by atoms with van der Waals surface area (Å²) in [6, 6.07) is 20.0. The summed E-state index contributed by atoms with van der Waals surface area (Å²) in [6.07, 6.45) is 1.42. The maximum Gasteiger partial charge on any atom is 0.266 e. The molecule has 0 spiro atoms. The largest absolute Gasteiger partial charge is 0.497 e. The maximum absolute atomic E-state index is 14.0. The second kappa shape index (κ2) is 11.3. The number of methoxy groups -OCH3 is 1. The number of amides is 1. The van der Waals surface area contributed by atoms with Crippen LogP contribution in [0.4, 0.5) is 10.1 Å². The molecule has 0 aliphatic carbocycles. The molecular formula is C26H23FN2O4. The molecule has 3 aromatic carbocycles. The summed E-state index contributed by atoms with van der Waals surface area (Å²) in [5, 5.41) is 12.3. The predicted molar refractivity (Wildman–Crippen MR) is 124 cm³/mol. The quantitative estimate of drug-likeness (QED) is 0.354. The Bertz CT molecular complexity index is 1180. The first-order chi connectivity index (χ1) is 16.0. The number of nitrogens with zero attached hydrogens (tertiary/aromatic N) is 1. The van der Waals surface area contributed by atoms with E-state index in [1.54, 1.807) is 60.7 Å². The highest BCUT2D eigenvalue weighted by Gasteiger charge is 2.13. The maximum atomic E-state index is 14.0. The molecule has 3 rings (SSSR count). The number of nitrogens with one attached hydrogen (secondary N) is 1. The zero-order chi connectivity index (χ0) is 23.6. The average Bonchev–Trinajstić information content (AvgIpc) is 2.83. The molecule has 0 bridgehead atoms. The van der Waals surface area contributed by atoms with E-state index >= 15 is 0 Å². The van der Waals surface area contributed by atoms with Gasteiger partial charge in [-0.15, -0.1) is 0 Å². The number of nitriles is 1. The SMILES string of the molecule is CCOc1ccc(NC(=O)/C(C#N)=C/c2ccc(OC)cc2OCc2ccccc2F)cc1. The first kappa shape index (κ1) is 23.4. The summed E-state index contributed by atoms with van der Waals surface area (Å²) in [7, 11) is 1.51. The van der Waals surface area contributed by atoms with Gasteiger partial charge in [-0.25, -0.2) is 4.39 Å². The molecule has 0 fully saturated rings. The van der Waals surface area contributed by atoms with Gasteiger partial charge in [-0.2, -0.15) is 5.26 Å². The average molecular weight is 446 g/mol. The van der Waals surface area contributed by atoms with E-state index in [0.717, 1.165) is 0 Å². The van der Waals surface area contributed by atoms with Gasteiger partial charge in [0, 0.05) is 22.9 Å². The Balaban J connectivity index is 1.82. The Hall–Kier alpha value is -4.31. The first-order valence-corrected chi connectivity index (χ1v) is 10.2. The van der Waals surface area contributed by atoms with Crippen LogP contribution < -0.4 is 19.5 Å². The lowest BCUT2D eigenvalue weighted by Gasteiger charge is -2.12. The number of benzene rings is 3. The van der Waals surface area contributed by atoms with Crippen LogP contribution in [0.5, 0.6) is 17.2 Å². The zero-order valence-electron chi connectivity index (χ0n) is 18.3. The zero-order valence-corrected chi connectivity index (χ0v) is 18.3. The van der Waals surface area contributed by atoms with Gasteiger partial charge in [0.15, 0.2) is 0 Å². The monoisotopic (exact) mass is 446 g/mol. The van der Waals surface area contributed by atoms with Crippen molar-refractivity contribution >= 4 is 17.7 Å². The number of carbonyl (C=O) groups excluding carboxylic acids is 1. The van der Waals surface area contributed by atoms with Crippen LogP contribution in [-0.2, 0) is 11.4 Å². The van der Waals surface area contributed by atoms with Crippen LogP contribution in [0.25, 0.3) is 6.08 Å². The minimum absolute atomic E-state index is 0.0268. The van der Waals surface area contributed by atoms with E-state index in [0.29, 0.717) is 40.7 Å².